The number of nitrogens with one attached hydrogen (secondary N) is 2. The summed E-state index contributed by atoms with van der Waals surface area (Å²) in [5.41, 5.74) is 3.99. The van der Waals surface area contributed by atoms with Crippen molar-refractivity contribution < 1.29 is 4.79 Å². The average Bonchev–Trinajstić information content (AvgIpc) is 2.73. The number of aromatic nitrogens is 1. The lowest BCUT2D eigenvalue weighted by atomic mass is 9.89. The van der Waals surface area contributed by atoms with Crippen molar-refractivity contribution in [1.29, 1.82) is 0 Å². The summed E-state index contributed by atoms with van der Waals surface area (Å²) in [6.07, 6.45) is 3.58. The van der Waals surface area contributed by atoms with Crippen LogP contribution in [-0.2, 0) is 17.6 Å². The van der Waals surface area contributed by atoms with Gasteiger partial charge in [0.25, 0.3) is 0 Å². The number of H-pyrrole nitrogens is 1. The quantitative estimate of drug-likeness (QED) is 0.870. The highest BCUT2D eigenvalue weighted by atomic mass is 16.1. The van der Waals surface area contributed by atoms with Gasteiger partial charge in [0.15, 0.2) is 0 Å². The first-order valence-electron chi connectivity index (χ1n) is 7.80. The predicted molar refractivity (Wildman–Crippen MR) is 86.3 cm³/mol. The number of carbonyl (C=O) groups excluding carboxylic acids is 1. The summed E-state index contributed by atoms with van der Waals surface area (Å²) in [5.74, 6) is 0.173. The van der Waals surface area contributed by atoms with Crippen molar-refractivity contribution in [3.63, 3.8) is 0 Å². The summed E-state index contributed by atoms with van der Waals surface area (Å²) in [6, 6.07) is 8.73. The van der Waals surface area contributed by atoms with Gasteiger partial charge >= 0.3 is 0 Å². The number of carbonyl (C=O) groups is 1. The van der Waals surface area contributed by atoms with Crippen molar-refractivity contribution in [2.24, 2.45) is 5.41 Å². The predicted octanol–water partition coefficient (Wildman–Crippen LogP) is 3.58. The van der Waals surface area contributed by atoms with Crippen LogP contribution >= 0.6 is 0 Å². The van der Waals surface area contributed by atoms with E-state index in [9.17, 15) is 4.79 Å². The van der Waals surface area contributed by atoms with Crippen LogP contribution in [0.25, 0.3) is 10.9 Å². The Morgan fingerprint density at radius 3 is 2.86 bits per heavy atom. The molecule has 1 aromatic carbocycles. The van der Waals surface area contributed by atoms with E-state index in [1.165, 1.54) is 22.2 Å². The fourth-order valence-electron chi connectivity index (χ4n) is 3.27. The SMILES string of the molecule is CC(C)(C)CC(=O)NC1CCc2c([nH]c3ccccc23)C1. The Kier molecular flexibility index (Phi) is 3.52. The van der Waals surface area contributed by atoms with E-state index in [1.807, 2.05) is 0 Å². The Morgan fingerprint density at radius 2 is 2.10 bits per heavy atom. The number of rotatable bonds is 2. The zero-order chi connectivity index (χ0) is 15.0. The molecule has 0 bridgehead atoms. The summed E-state index contributed by atoms with van der Waals surface area (Å²) in [6.45, 7) is 6.30. The van der Waals surface area contributed by atoms with Crippen molar-refractivity contribution in [2.45, 2.75) is 52.5 Å². The van der Waals surface area contributed by atoms with Crippen molar-refractivity contribution in [3.8, 4) is 0 Å². The molecule has 0 saturated carbocycles. The molecule has 0 fully saturated rings. The molecule has 0 aliphatic heterocycles. The average molecular weight is 284 g/mol. The summed E-state index contributed by atoms with van der Waals surface area (Å²) < 4.78 is 0. The van der Waals surface area contributed by atoms with E-state index in [-0.39, 0.29) is 17.4 Å². The van der Waals surface area contributed by atoms with E-state index < -0.39 is 0 Å². The molecule has 1 aromatic heterocycles. The highest BCUT2D eigenvalue weighted by Crippen LogP contribution is 2.29. The summed E-state index contributed by atoms with van der Waals surface area (Å²) >= 11 is 0. The molecule has 0 saturated heterocycles. The minimum Gasteiger partial charge on any atom is -0.358 e. The maximum absolute atomic E-state index is 12.1. The maximum atomic E-state index is 12.1. The Bertz CT molecular complexity index is 663. The van der Waals surface area contributed by atoms with E-state index in [0.29, 0.717) is 6.42 Å². The van der Waals surface area contributed by atoms with Crippen LogP contribution in [0.1, 0.15) is 44.9 Å². The normalized spacial score (nSPS) is 18.5. The van der Waals surface area contributed by atoms with Gasteiger partial charge < -0.3 is 10.3 Å². The maximum Gasteiger partial charge on any atom is 0.220 e. The molecule has 1 unspecified atom stereocenters. The Balaban J connectivity index is 1.71. The minimum atomic E-state index is 0.0466. The first-order valence-corrected chi connectivity index (χ1v) is 7.80. The molecule has 1 aliphatic carbocycles. The number of para-hydroxylation sites is 1. The third-order valence-electron chi connectivity index (χ3n) is 4.15. The van der Waals surface area contributed by atoms with Crippen molar-refractivity contribution >= 4 is 16.8 Å². The fourth-order valence-corrected chi connectivity index (χ4v) is 3.27. The van der Waals surface area contributed by atoms with Gasteiger partial charge in [-0.1, -0.05) is 39.0 Å². The number of hydrogen-bond acceptors (Lipinski definition) is 1. The summed E-state index contributed by atoms with van der Waals surface area (Å²) in [5, 5.41) is 4.54. The van der Waals surface area contributed by atoms with E-state index in [0.717, 1.165) is 19.3 Å². The third-order valence-corrected chi connectivity index (χ3v) is 4.15. The Labute approximate surface area is 126 Å². The van der Waals surface area contributed by atoms with E-state index >= 15 is 0 Å². The van der Waals surface area contributed by atoms with Crippen molar-refractivity contribution in [2.75, 3.05) is 0 Å². The van der Waals surface area contributed by atoms with Gasteiger partial charge in [-0.3, -0.25) is 4.79 Å². The van der Waals surface area contributed by atoms with Crippen LogP contribution in [-0.4, -0.2) is 16.9 Å². The molecule has 1 aliphatic rings. The molecular weight excluding hydrogens is 260 g/mol. The third kappa shape index (κ3) is 3.12. The van der Waals surface area contributed by atoms with Crippen LogP contribution in [0.2, 0.25) is 0 Å². The molecule has 1 atom stereocenters. The number of aromatic amines is 1. The van der Waals surface area contributed by atoms with E-state index in [2.05, 4.69) is 55.3 Å². The number of amides is 1. The molecule has 3 rings (SSSR count). The highest BCUT2D eigenvalue weighted by Gasteiger charge is 2.24. The molecule has 3 heteroatoms. The van der Waals surface area contributed by atoms with Crippen LogP contribution in [0, 0.1) is 5.41 Å². The van der Waals surface area contributed by atoms with Crippen LogP contribution in [0.3, 0.4) is 0 Å². The molecule has 1 amide bonds. The molecule has 0 spiro atoms. The fraction of sp³-hybridized carbons (Fsp3) is 0.500. The number of benzene rings is 1. The number of fused-ring (bicyclic) bond motifs is 3. The first kappa shape index (κ1) is 14.2. The van der Waals surface area contributed by atoms with Gasteiger partial charge in [0, 0.05) is 35.5 Å². The van der Waals surface area contributed by atoms with Gasteiger partial charge in [0.1, 0.15) is 0 Å². The van der Waals surface area contributed by atoms with Gasteiger partial charge in [0.2, 0.25) is 5.91 Å². The summed E-state index contributed by atoms with van der Waals surface area (Å²) in [4.78, 5) is 15.6. The van der Waals surface area contributed by atoms with Gasteiger partial charge in [-0.05, 0) is 29.9 Å². The monoisotopic (exact) mass is 284 g/mol. The zero-order valence-corrected chi connectivity index (χ0v) is 13.1. The van der Waals surface area contributed by atoms with Crippen LogP contribution in [0.5, 0.6) is 0 Å². The highest BCUT2D eigenvalue weighted by molar-refractivity contribution is 5.85. The molecule has 2 N–H and O–H groups in total. The van der Waals surface area contributed by atoms with Gasteiger partial charge in [-0.15, -0.1) is 0 Å². The number of aryl methyl sites for hydroxylation is 1. The van der Waals surface area contributed by atoms with Gasteiger partial charge in [-0.2, -0.15) is 0 Å². The first-order chi connectivity index (χ1) is 9.92. The second-order valence-electron chi connectivity index (χ2n) is 7.37. The van der Waals surface area contributed by atoms with Crippen molar-refractivity contribution in [1.82, 2.24) is 10.3 Å². The van der Waals surface area contributed by atoms with Crippen LogP contribution in [0.15, 0.2) is 24.3 Å². The topological polar surface area (TPSA) is 44.9 Å². The van der Waals surface area contributed by atoms with E-state index in [1.54, 1.807) is 0 Å². The largest absolute Gasteiger partial charge is 0.358 e. The zero-order valence-electron chi connectivity index (χ0n) is 13.1. The molecule has 0 radical (unpaired) electrons. The lowest BCUT2D eigenvalue weighted by molar-refractivity contribution is -0.123. The molecule has 3 nitrogen and oxygen atoms in total. The molecule has 2 aromatic rings. The van der Waals surface area contributed by atoms with Gasteiger partial charge in [0.05, 0.1) is 0 Å². The second kappa shape index (κ2) is 5.21. The second-order valence-corrected chi connectivity index (χ2v) is 7.37. The van der Waals surface area contributed by atoms with Crippen LogP contribution in [0.4, 0.5) is 0 Å². The molecule has 21 heavy (non-hydrogen) atoms. The minimum absolute atomic E-state index is 0.0466. The van der Waals surface area contributed by atoms with Crippen molar-refractivity contribution in [3.05, 3.63) is 35.5 Å². The van der Waals surface area contributed by atoms with Crippen LogP contribution < -0.4 is 5.32 Å². The summed E-state index contributed by atoms with van der Waals surface area (Å²) in [7, 11) is 0. The van der Waals surface area contributed by atoms with Gasteiger partial charge in [-0.25, -0.2) is 0 Å². The standard InChI is InChI=1S/C18H24N2O/c1-18(2,3)11-17(21)19-12-8-9-14-13-6-4-5-7-15(13)20-16(14)10-12/h4-7,12,20H,8-11H2,1-3H3,(H,19,21). The molecule has 112 valence electrons. The lowest BCUT2D eigenvalue weighted by Gasteiger charge is -2.25. The Morgan fingerprint density at radius 1 is 1.33 bits per heavy atom. The Hall–Kier alpha value is -1.77. The van der Waals surface area contributed by atoms with E-state index in [4.69, 9.17) is 0 Å². The lowest BCUT2D eigenvalue weighted by Crippen LogP contribution is -2.40. The molecular formula is C18H24N2O. The molecule has 1 heterocycles. The smallest absolute Gasteiger partial charge is 0.220 e. The number of hydrogen-bond donors (Lipinski definition) is 2.